The molecular weight excluding hydrogens is 520 g/mol. The molecule has 0 atom stereocenters. The van der Waals surface area contributed by atoms with Gasteiger partial charge in [-0.15, -0.1) is 0 Å². The molecule has 1 heterocycles. The van der Waals surface area contributed by atoms with Gasteiger partial charge in [-0.05, 0) is 69.0 Å². The highest BCUT2D eigenvalue weighted by Crippen LogP contribution is 2.43. The number of hydrogen-bond donors (Lipinski definition) is 2. The molecular formula is C33H45N2O6+. The summed E-state index contributed by atoms with van der Waals surface area (Å²) in [6, 6.07) is 9.12. The standard InChI is InChI=1S/C33H44N2O6/c1-7-8-19-34-30(37)23-35(4,5)20-9-10-21-40-25-14-11-24(12-15-25)13-16-27(36)31-29(39-6)22-28-26(32(31)38)17-18-33(2,3)41-28/h11-18,22H,7-10,19-21,23H2,1-6H3,(H-,34,36,37,38)/p+1/b16-13+. The number of ether oxygens (including phenoxy) is 3. The highest BCUT2D eigenvalue weighted by molar-refractivity contribution is 6.11. The molecule has 0 spiro atoms. The number of phenols is 1. The third-order valence-corrected chi connectivity index (χ3v) is 6.91. The molecule has 0 aliphatic carbocycles. The molecule has 2 aromatic carbocycles. The number of unbranched alkanes of at least 4 members (excludes halogenated alkanes) is 2. The van der Waals surface area contributed by atoms with Crippen LogP contribution in [0.15, 0.2) is 42.5 Å². The van der Waals surface area contributed by atoms with E-state index in [1.54, 1.807) is 18.2 Å². The SMILES string of the molecule is CCCCNC(=O)C[N+](C)(C)CCCCOc1ccc(/C=C/C(=O)c2c(OC)cc3c(c2O)C=CC(C)(C)O3)cc1. The average Bonchev–Trinajstić information content (AvgIpc) is 2.91. The van der Waals surface area contributed by atoms with Crippen molar-refractivity contribution >= 4 is 23.8 Å². The van der Waals surface area contributed by atoms with Crippen LogP contribution in [0.4, 0.5) is 0 Å². The van der Waals surface area contributed by atoms with E-state index in [-0.39, 0.29) is 28.8 Å². The minimum Gasteiger partial charge on any atom is -0.506 e. The Bertz CT molecular complexity index is 1260. The Morgan fingerprint density at radius 3 is 2.54 bits per heavy atom. The van der Waals surface area contributed by atoms with Crippen LogP contribution < -0.4 is 19.5 Å². The topological polar surface area (TPSA) is 94.1 Å². The molecule has 2 N–H and O–H groups in total. The van der Waals surface area contributed by atoms with Crippen molar-refractivity contribution in [2.45, 2.75) is 52.1 Å². The molecule has 2 aromatic rings. The minimum atomic E-state index is -0.519. The molecule has 0 fully saturated rings. The summed E-state index contributed by atoms with van der Waals surface area (Å²) in [7, 11) is 5.61. The van der Waals surface area contributed by atoms with Gasteiger partial charge in [0.25, 0.3) is 5.91 Å². The van der Waals surface area contributed by atoms with Gasteiger partial charge in [-0.3, -0.25) is 9.59 Å². The quantitative estimate of drug-likeness (QED) is 0.126. The zero-order chi connectivity index (χ0) is 30.0. The Morgan fingerprint density at radius 1 is 1.12 bits per heavy atom. The van der Waals surface area contributed by atoms with Crippen molar-refractivity contribution in [3.8, 4) is 23.0 Å². The van der Waals surface area contributed by atoms with Crippen LogP contribution in [0.25, 0.3) is 12.2 Å². The van der Waals surface area contributed by atoms with Gasteiger partial charge in [0.15, 0.2) is 12.3 Å². The molecule has 1 amide bonds. The molecule has 0 saturated carbocycles. The third kappa shape index (κ3) is 9.39. The van der Waals surface area contributed by atoms with Crippen LogP contribution >= 0.6 is 0 Å². The fraction of sp³-hybridized carbons (Fsp3) is 0.455. The highest BCUT2D eigenvalue weighted by Gasteiger charge is 2.28. The lowest BCUT2D eigenvalue weighted by Crippen LogP contribution is -2.48. The summed E-state index contributed by atoms with van der Waals surface area (Å²) in [6.45, 7) is 8.64. The Balaban J connectivity index is 1.50. The number of hydrogen-bond acceptors (Lipinski definition) is 6. The summed E-state index contributed by atoms with van der Waals surface area (Å²) < 4.78 is 17.9. The van der Waals surface area contributed by atoms with Gasteiger partial charge in [0.2, 0.25) is 0 Å². The first-order valence-electron chi connectivity index (χ1n) is 14.3. The van der Waals surface area contributed by atoms with E-state index < -0.39 is 5.60 Å². The van der Waals surface area contributed by atoms with Crippen molar-refractivity contribution in [2.75, 3.05) is 47.4 Å². The summed E-state index contributed by atoms with van der Waals surface area (Å²) in [4.78, 5) is 25.2. The van der Waals surface area contributed by atoms with Crippen molar-refractivity contribution in [1.29, 1.82) is 0 Å². The van der Waals surface area contributed by atoms with Gasteiger partial charge in [0.1, 0.15) is 34.2 Å². The van der Waals surface area contributed by atoms with E-state index in [4.69, 9.17) is 14.2 Å². The number of aromatic hydroxyl groups is 1. The second-order valence-electron chi connectivity index (χ2n) is 11.6. The monoisotopic (exact) mass is 565 g/mol. The largest absolute Gasteiger partial charge is 0.506 e. The van der Waals surface area contributed by atoms with Crippen molar-refractivity contribution in [3.05, 3.63) is 59.2 Å². The molecule has 0 saturated heterocycles. The van der Waals surface area contributed by atoms with Gasteiger partial charge in [-0.1, -0.05) is 31.6 Å². The number of ketones is 1. The zero-order valence-electron chi connectivity index (χ0n) is 25.3. The second kappa shape index (κ2) is 14.2. The number of likely N-dealkylation sites (N-methyl/N-ethyl adjacent to an activating group) is 1. The molecule has 8 nitrogen and oxygen atoms in total. The Labute approximate surface area is 244 Å². The summed E-state index contributed by atoms with van der Waals surface area (Å²) in [6.07, 6.45) is 10.6. The summed E-state index contributed by atoms with van der Waals surface area (Å²) >= 11 is 0. The molecule has 3 rings (SSSR count). The first-order chi connectivity index (χ1) is 19.4. The lowest BCUT2D eigenvalue weighted by Gasteiger charge is -2.29. The maximum absolute atomic E-state index is 13.1. The van der Waals surface area contributed by atoms with E-state index >= 15 is 0 Å². The van der Waals surface area contributed by atoms with E-state index in [1.165, 1.54) is 13.2 Å². The van der Waals surface area contributed by atoms with Gasteiger partial charge >= 0.3 is 0 Å². The van der Waals surface area contributed by atoms with Gasteiger partial charge in [0, 0.05) is 12.6 Å². The van der Waals surface area contributed by atoms with Gasteiger partial charge in [-0.25, -0.2) is 0 Å². The average molecular weight is 566 g/mol. The maximum Gasteiger partial charge on any atom is 0.275 e. The van der Waals surface area contributed by atoms with Crippen LogP contribution in [0.3, 0.4) is 0 Å². The highest BCUT2D eigenvalue weighted by atomic mass is 16.5. The van der Waals surface area contributed by atoms with E-state index in [0.29, 0.717) is 28.9 Å². The molecule has 0 bridgehead atoms. The van der Waals surface area contributed by atoms with Crippen molar-refractivity contribution in [3.63, 3.8) is 0 Å². The van der Waals surface area contributed by atoms with E-state index in [1.807, 2.05) is 44.2 Å². The number of carbonyl (C=O) groups excluding carboxylic acids is 2. The van der Waals surface area contributed by atoms with Gasteiger partial charge in [-0.2, -0.15) is 0 Å². The number of amides is 1. The number of rotatable bonds is 15. The van der Waals surface area contributed by atoms with Crippen LogP contribution in [0, 0.1) is 0 Å². The number of methoxy groups -OCH3 is 1. The summed E-state index contributed by atoms with van der Waals surface area (Å²) in [5, 5.41) is 13.8. The van der Waals surface area contributed by atoms with Gasteiger partial charge in [0.05, 0.1) is 39.9 Å². The predicted octanol–water partition coefficient (Wildman–Crippen LogP) is 5.63. The fourth-order valence-electron chi connectivity index (χ4n) is 4.57. The van der Waals surface area contributed by atoms with E-state index in [0.717, 1.165) is 50.1 Å². The Hall–Kier alpha value is -3.78. The molecule has 0 aromatic heterocycles. The summed E-state index contributed by atoms with van der Waals surface area (Å²) in [5.41, 5.74) is 0.853. The van der Waals surface area contributed by atoms with E-state index in [2.05, 4.69) is 26.3 Å². The number of nitrogens with one attached hydrogen (secondary N) is 1. The first kappa shape index (κ1) is 31.7. The zero-order valence-corrected chi connectivity index (χ0v) is 25.3. The van der Waals surface area contributed by atoms with Crippen LogP contribution in [-0.2, 0) is 4.79 Å². The van der Waals surface area contributed by atoms with Crippen molar-refractivity contribution < 1.29 is 33.4 Å². The van der Waals surface area contributed by atoms with E-state index in [9.17, 15) is 14.7 Å². The molecule has 0 radical (unpaired) electrons. The number of nitrogens with zero attached hydrogens (tertiary/aromatic N) is 1. The number of carbonyl (C=O) groups is 2. The predicted molar refractivity (Wildman–Crippen MR) is 163 cm³/mol. The molecule has 41 heavy (non-hydrogen) atoms. The molecule has 8 heteroatoms. The van der Waals surface area contributed by atoms with Crippen LogP contribution in [-0.4, -0.2) is 74.3 Å². The minimum absolute atomic E-state index is 0.0920. The fourth-order valence-corrected chi connectivity index (χ4v) is 4.57. The van der Waals surface area contributed by atoms with Gasteiger partial charge < -0.3 is 29.1 Å². The smallest absolute Gasteiger partial charge is 0.275 e. The summed E-state index contributed by atoms with van der Waals surface area (Å²) in [5.74, 6) is 1.04. The Kier molecular flexibility index (Phi) is 11.0. The lowest BCUT2D eigenvalue weighted by molar-refractivity contribution is -0.882. The van der Waals surface area contributed by atoms with Crippen LogP contribution in [0.5, 0.6) is 23.0 Å². The third-order valence-electron chi connectivity index (χ3n) is 6.91. The van der Waals surface area contributed by atoms with Crippen LogP contribution in [0.2, 0.25) is 0 Å². The number of benzene rings is 2. The normalized spacial score (nSPS) is 13.9. The molecule has 222 valence electrons. The maximum atomic E-state index is 13.1. The lowest BCUT2D eigenvalue weighted by atomic mass is 9.97. The first-order valence-corrected chi connectivity index (χ1v) is 14.3. The molecule has 1 aliphatic heterocycles. The number of allylic oxidation sites excluding steroid dienone is 1. The van der Waals surface area contributed by atoms with Crippen molar-refractivity contribution in [1.82, 2.24) is 5.32 Å². The number of quaternary nitrogens is 1. The molecule has 1 aliphatic rings. The second-order valence-corrected chi connectivity index (χ2v) is 11.6. The Morgan fingerprint density at radius 2 is 1.85 bits per heavy atom. The van der Waals surface area contributed by atoms with Crippen LogP contribution in [0.1, 0.15) is 67.9 Å². The van der Waals surface area contributed by atoms with Crippen molar-refractivity contribution in [2.24, 2.45) is 0 Å². The number of phenolic OH excluding ortho intramolecular Hbond substituents is 1. The number of fused-ring (bicyclic) bond motifs is 1. The molecule has 0 unspecified atom stereocenters.